The number of hydrogen-bond donors (Lipinski definition) is 0. The van der Waals surface area contributed by atoms with Crippen LogP contribution < -0.4 is 0 Å². The molecule has 1 aliphatic heterocycles. The van der Waals surface area contributed by atoms with Crippen LogP contribution in [0.5, 0.6) is 0 Å². The third-order valence-electron chi connectivity index (χ3n) is 6.07. The molecule has 0 amide bonds. The second-order valence-corrected chi connectivity index (χ2v) is 8.42. The molecule has 1 fully saturated rings. The van der Waals surface area contributed by atoms with Gasteiger partial charge in [-0.15, -0.1) is 0 Å². The van der Waals surface area contributed by atoms with E-state index in [0.717, 1.165) is 50.9 Å². The molecule has 3 heterocycles. The number of nitrogens with zero attached hydrogens (tertiary/aromatic N) is 4. The number of pyridine rings is 1. The van der Waals surface area contributed by atoms with E-state index in [1.807, 2.05) is 36.5 Å². The summed E-state index contributed by atoms with van der Waals surface area (Å²) in [5, 5.41) is 0. The predicted octanol–water partition coefficient (Wildman–Crippen LogP) is 4.40. The van der Waals surface area contributed by atoms with E-state index in [9.17, 15) is 4.39 Å². The zero-order valence-corrected chi connectivity index (χ0v) is 17.8. The second-order valence-electron chi connectivity index (χ2n) is 8.42. The van der Waals surface area contributed by atoms with E-state index in [4.69, 9.17) is 0 Å². The molecule has 0 radical (unpaired) electrons. The summed E-state index contributed by atoms with van der Waals surface area (Å²) >= 11 is 0. The number of aromatic nitrogens is 2. The predicted molar refractivity (Wildman–Crippen MR) is 119 cm³/mol. The van der Waals surface area contributed by atoms with E-state index < -0.39 is 0 Å². The molecule has 5 heteroatoms. The van der Waals surface area contributed by atoms with Crippen molar-refractivity contribution in [1.82, 2.24) is 19.4 Å². The molecule has 0 N–H and O–H groups in total. The molecule has 4 nitrogen and oxygen atoms in total. The van der Waals surface area contributed by atoms with Crippen molar-refractivity contribution in [2.45, 2.75) is 25.8 Å². The van der Waals surface area contributed by atoms with Gasteiger partial charge in [0, 0.05) is 37.7 Å². The molecule has 2 aromatic heterocycles. The fourth-order valence-corrected chi connectivity index (χ4v) is 4.38. The highest BCUT2D eigenvalue weighted by Gasteiger charge is 2.20. The molecule has 1 aromatic carbocycles. The summed E-state index contributed by atoms with van der Waals surface area (Å²) in [6.45, 7) is 5.42. The Morgan fingerprint density at radius 2 is 1.83 bits per heavy atom. The first kappa shape index (κ1) is 20.8. The number of benzene rings is 1. The first-order valence-electron chi connectivity index (χ1n) is 10.9. The molecule has 1 saturated heterocycles. The molecule has 4 rings (SSSR count). The van der Waals surface area contributed by atoms with Crippen molar-refractivity contribution >= 4 is 0 Å². The minimum Gasteiger partial charge on any atom is -0.304 e. The Labute approximate surface area is 179 Å². The normalized spacial score (nSPS) is 15.7. The van der Waals surface area contributed by atoms with Crippen molar-refractivity contribution in [3.63, 3.8) is 0 Å². The molecule has 0 aliphatic carbocycles. The topological polar surface area (TPSA) is 24.3 Å². The van der Waals surface area contributed by atoms with Crippen molar-refractivity contribution in [2.75, 3.05) is 33.2 Å². The van der Waals surface area contributed by atoms with Gasteiger partial charge in [-0.2, -0.15) is 0 Å². The van der Waals surface area contributed by atoms with Gasteiger partial charge in [-0.25, -0.2) is 9.37 Å². The van der Waals surface area contributed by atoms with Crippen LogP contribution in [0.1, 0.15) is 24.1 Å². The first-order chi connectivity index (χ1) is 14.7. The smallest absolute Gasteiger partial charge is 0.136 e. The Kier molecular flexibility index (Phi) is 6.92. The van der Waals surface area contributed by atoms with Crippen LogP contribution in [0.25, 0.3) is 5.82 Å². The summed E-state index contributed by atoms with van der Waals surface area (Å²) in [6, 6.07) is 17.2. The van der Waals surface area contributed by atoms with Gasteiger partial charge < -0.3 is 14.4 Å². The highest BCUT2D eigenvalue weighted by molar-refractivity contribution is 5.27. The number of piperidine rings is 1. The molecular weight excluding hydrogens is 375 g/mol. The van der Waals surface area contributed by atoms with Crippen LogP contribution in [0, 0.1) is 11.7 Å². The van der Waals surface area contributed by atoms with Crippen molar-refractivity contribution in [2.24, 2.45) is 5.92 Å². The molecule has 158 valence electrons. The van der Waals surface area contributed by atoms with E-state index in [1.54, 1.807) is 12.1 Å². The second kappa shape index (κ2) is 10.0. The Hall–Kier alpha value is -2.50. The number of halogens is 1. The van der Waals surface area contributed by atoms with Crippen LogP contribution in [0.2, 0.25) is 0 Å². The molecule has 0 spiro atoms. The van der Waals surface area contributed by atoms with Gasteiger partial charge in [0.25, 0.3) is 0 Å². The Balaban J connectivity index is 1.22. The van der Waals surface area contributed by atoms with E-state index in [1.165, 1.54) is 24.1 Å². The van der Waals surface area contributed by atoms with Crippen molar-refractivity contribution in [1.29, 1.82) is 0 Å². The van der Waals surface area contributed by atoms with Crippen LogP contribution in [0.3, 0.4) is 0 Å². The lowest BCUT2D eigenvalue weighted by Gasteiger charge is -2.34. The molecule has 0 saturated carbocycles. The van der Waals surface area contributed by atoms with Crippen molar-refractivity contribution < 1.29 is 4.39 Å². The summed E-state index contributed by atoms with van der Waals surface area (Å²) in [6.07, 6.45) is 7.41. The lowest BCUT2D eigenvalue weighted by molar-refractivity contribution is 0.152. The molecule has 0 bridgehead atoms. The van der Waals surface area contributed by atoms with Gasteiger partial charge in [-0.05, 0) is 87.3 Å². The SMILES string of the molecule is CN(Cc1cccn1-c1ccccn1)CC1CCN(CCc2ccc(F)cc2)CC1. The van der Waals surface area contributed by atoms with Crippen LogP contribution in [-0.2, 0) is 13.0 Å². The molecule has 0 atom stereocenters. The van der Waals surface area contributed by atoms with Gasteiger partial charge in [-0.1, -0.05) is 18.2 Å². The van der Waals surface area contributed by atoms with Crippen molar-refractivity contribution in [3.8, 4) is 5.82 Å². The lowest BCUT2D eigenvalue weighted by Crippen LogP contribution is -2.38. The van der Waals surface area contributed by atoms with Gasteiger partial charge >= 0.3 is 0 Å². The monoisotopic (exact) mass is 406 g/mol. The quantitative estimate of drug-likeness (QED) is 0.554. The highest BCUT2D eigenvalue weighted by Crippen LogP contribution is 2.20. The largest absolute Gasteiger partial charge is 0.304 e. The van der Waals surface area contributed by atoms with Crippen LogP contribution in [-0.4, -0.2) is 52.6 Å². The Morgan fingerprint density at radius 3 is 2.57 bits per heavy atom. The Bertz CT molecular complexity index is 898. The fraction of sp³-hybridized carbons (Fsp3) is 0.400. The lowest BCUT2D eigenvalue weighted by atomic mass is 9.96. The van der Waals surface area contributed by atoms with E-state index in [2.05, 4.69) is 44.7 Å². The minimum absolute atomic E-state index is 0.156. The van der Waals surface area contributed by atoms with Gasteiger partial charge in [-0.3, -0.25) is 0 Å². The molecule has 1 aliphatic rings. The standard InChI is InChI=1S/C25H31FN4/c1-28(20-24-5-4-15-30(24)25-6-2-3-14-27-25)19-22-12-17-29(18-13-22)16-11-21-7-9-23(26)10-8-21/h2-10,14-15,22H,11-13,16-20H2,1H3. The summed E-state index contributed by atoms with van der Waals surface area (Å²) in [4.78, 5) is 9.46. The summed E-state index contributed by atoms with van der Waals surface area (Å²) in [7, 11) is 2.22. The third-order valence-corrected chi connectivity index (χ3v) is 6.07. The first-order valence-corrected chi connectivity index (χ1v) is 10.9. The maximum absolute atomic E-state index is 13.0. The van der Waals surface area contributed by atoms with E-state index >= 15 is 0 Å². The van der Waals surface area contributed by atoms with Crippen LogP contribution >= 0.6 is 0 Å². The minimum atomic E-state index is -0.156. The molecule has 0 unspecified atom stereocenters. The maximum Gasteiger partial charge on any atom is 0.136 e. The van der Waals surface area contributed by atoms with E-state index in [0.29, 0.717) is 0 Å². The third kappa shape index (κ3) is 5.55. The molecule has 30 heavy (non-hydrogen) atoms. The molecular formula is C25H31FN4. The number of likely N-dealkylation sites (tertiary alicyclic amines) is 1. The van der Waals surface area contributed by atoms with Gasteiger partial charge in [0.05, 0.1) is 0 Å². The van der Waals surface area contributed by atoms with Gasteiger partial charge in [0.15, 0.2) is 0 Å². The average molecular weight is 407 g/mol. The molecule has 3 aromatic rings. The van der Waals surface area contributed by atoms with Crippen LogP contribution in [0.4, 0.5) is 4.39 Å². The van der Waals surface area contributed by atoms with Crippen LogP contribution in [0.15, 0.2) is 67.0 Å². The average Bonchev–Trinajstić information content (AvgIpc) is 3.23. The highest BCUT2D eigenvalue weighted by atomic mass is 19.1. The fourth-order valence-electron chi connectivity index (χ4n) is 4.38. The number of rotatable bonds is 8. The summed E-state index contributed by atoms with van der Waals surface area (Å²) in [5.41, 5.74) is 2.49. The maximum atomic E-state index is 13.0. The van der Waals surface area contributed by atoms with Crippen molar-refractivity contribution in [3.05, 3.63) is 84.1 Å². The zero-order valence-electron chi connectivity index (χ0n) is 17.8. The van der Waals surface area contributed by atoms with Gasteiger partial charge in [0.1, 0.15) is 11.6 Å². The summed E-state index contributed by atoms with van der Waals surface area (Å²) in [5.74, 6) is 1.56. The Morgan fingerprint density at radius 1 is 1.03 bits per heavy atom. The van der Waals surface area contributed by atoms with Gasteiger partial charge in [0.2, 0.25) is 0 Å². The summed E-state index contributed by atoms with van der Waals surface area (Å²) < 4.78 is 15.2. The van der Waals surface area contributed by atoms with E-state index in [-0.39, 0.29) is 5.82 Å². The number of hydrogen-bond acceptors (Lipinski definition) is 3. The zero-order chi connectivity index (χ0) is 20.8.